The molecule has 6 nitrogen and oxygen atoms in total. The lowest BCUT2D eigenvalue weighted by Crippen LogP contribution is -2.16. The fraction of sp³-hybridized carbons (Fsp3) is 0.304. The number of amides is 1. The largest absolute Gasteiger partial charge is 0.356 e. The third-order valence-corrected chi connectivity index (χ3v) is 6.41. The lowest BCUT2D eigenvalue weighted by Gasteiger charge is -2.16. The Bertz CT molecular complexity index is 1190. The van der Waals surface area contributed by atoms with E-state index in [2.05, 4.69) is 21.5 Å². The van der Waals surface area contributed by atoms with Crippen LogP contribution in [0.4, 0.5) is 24.5 Å². The van der Waals surface area contributed by atoms with Crippen molar-refractivity contribution in [1.29, 1.82) is 10.7 Å². The summed E-state index contributed by atoms with van der Waals surface area (Å²) in [5, 5.41) is 22.8. The smallest absolute Gasteiger partial charge is 0.284 e. The highest BCUT2D eigenvalue weighted by Gasteiger charge is 2.48. The molecular weight excluding hydrogens is 577 g/mol. The van der Waals surface area contributed by atoms with Gasteiger partial charge in [0.25, 0.3) is 5.91 Å². The molecule has 0 spiro atoms. The average Bonchev–Trinajstić information content (AvgIpc) is 3.64. The van der Waals surface area contributed by atoms with Gasteiger partial charge in [0.15, 0.2) is 11.6 Å². The highest BCUT2D eigenvalue weighted by Crippen LogP contribution is 2.49. The highest BCUT2D eigenvalue weighted by atomic mass is 127. The second kappa shape index (κ2) is 11.8. The Kier molecular flexibility index (Phi) is 9.59. The summed E-state index contributed by atoms with van der Waals surface area (Å²) in [5.41, 5.74) is -0.462. The van der Waals surface area contributed by atoms with Crippen molar-refractivity contribution in [2.75, 3.05) is 10.4 Å². The van der Waals surface area contributed by atoms with Crippen molar-refractivity contribution in [2.45, 2.75) is 40.5 Å². The highest BCUT2D eigenvalue weighted by molar-refractivity contribution is 14.2. The third kappa shape index (κ3) is 5.76. The molecule has 1 unspecified atom stereocenters. The van der Waals surface area contributed by atoms with E-state index in [1.54, 1.807) is 0 Å². The van der Waals surface area contributed by atoms with Crippen molar-refractivity contribution < 1.29 is 18.0 Å². The van der Waals surface area contributed by atoms with Crippen LogP contribution in [0.2, 0.25) is 0 Å². The number of nitrogens with one attached hydrogen (secondary N) is 3. The number of hydrogen-bond acceptors (Lipinski definition) is 5. The minimum absolute atomic E-state index is 0.00866. The Balaban J connectivity index is 0.00000199. The zero-order valence-electron chi connectivity index (χ0n) is 19.0. The van der Waals surface area contributed by atoms with Gasteiger partial charge in [-0.1, -0.05) is 26.0 Å². The number of nitriles is 1. The van der Waals surface area contributed by atoms with Crippen LogP contribution in [0.5, 0.6) is 0 Å². The van der Waals surface area contributed by atoms with E-state index in [9.17, 15) is 18.8 Å². The number of anilines is 2. The van der Waals surface area contributed by atoms with Crippen LogP contribution in [0.3, 0.4) is 0 Å². The normalized spacial score (nSPS) is 14.1. The molecule has 1 atom stereocenters. The maximum atomic E-state index is 15.2. The third-order valence-electron chi connectivity index (χ3n) is 5.26. The minimum Gasteiger partial charge on any atom is -0.356 e. The number of carbonyl (C=O) groups excluding carboxylic acids is 1. The Morgan fingerprint density at radius 3 is 2.50 bits per heavy atom. The Morgan fingerprint density at radius 1 is 1.29 bits per heavy atom. The van der Waals surface area contributed by atoms with Gasteiger partial charge in [-0.25, -0.2) is 13.2 Å². The van der Waals surface area contributed by atoms with Crippen LogP contribution in [0.25, 0.3) is 6.08 Å². The summed E-state index contributed by atoms with van der Waals surface area (Å²) in [6.07, 6.45) is 2.84. The van der Waals surface area contributed by atoms with Crippen LogP contribution in [-0.2, 0) is 4.79 Å². The van der Waals surface area contributed by atoms with Crippen LogP contribution in [0.1, 0.15) is 49.1 Å². The molecule has 0 bridgehead atoms. The van der Waals surface area contributed by atoms with E-state index in [0.29, 0.717) is 18.5 Å². The van der Waals surface area contributed by atoms with Gasteiger partial charge in [0, 0.05) is 23.1 Å². The zero-order valence-corrected chi connectivity index (χ0v) is 22.2. The first-order valence-corrected chi connectivity index (χ1v) is 14.5. The van der Waals surface area contributed by atoms with E-state index >= 15 is 4.39 Å². The molecule has 3 N–H and O–H groups in total. The molecule has 1 amide bonds. The topological polar surface area (TPSA) is 102 Å². The Labute approximate surface area is 211 Å². The zero-order chi connectivity index (χ0) is 25.6. The molecule has 1 fully saturated rings. The van der Waals surface area contributed by atoms with Gasteiger partial charge < -0.3 is 15.8 Å². The second-order valence-corrected chi connectivity index (χ2v) is 9.37. The molecule has 0 radical (unpaired) electrons. The van der Waals surface area contributed by atoms with Gasteiger partial charge in [-0.2, -0.15) is 5.26 Å². The maximum absolute atomic E-state index is 15.2. The van der Waals surface area contributed by atoms with Gasteiger partial charge in [-0.3, -0.25) is 9.78 Å². The van der Waals surface area contributed by atoms with E-state index in [4.69, 9.17) is 5.41 Å². The molecule has 1 aromatic heterocycles. The van der Waals surface area contributed by atoms with Crippen LogP contribution >= 0.6 is 28.4 Å². The van der Waals surface area contributed by atoms with E-state index in [0.717, 1.165) is 12.3 Å². The van der Waals surface area contributed by atoms with E-state index in [1.165, 1.54) is 26.0 Å². The number of aryl methyl sites for hydroxylation is 1. The second-order valence-electron chi connectivity index (χ2n) is 7.32. The maximum Gasteiger partial charge on any atom is 0.284 e. The fourth-order valence-corrected chi connectivity index (χ4v) is 4.30. The molecule has 0 saturated heterocycles. The lowest BCUT2D eigenvalue weighted by molar-refractivity contribution is -0.114. The number of halogens is 4. The average molecular weight is 601 g/mol. The predicted molar refractivity (Wildman–Crippen MR) is 139 cm³/mol. The van der Waals surface area contributed by atoms with Crippen LogP contribution in [0.15, 0.2) is 24.2 Å². The Morgan fingerprint density at radius 2 is 1.94 bits per heavy atom. The van der Waals surface area contributed by atoms with Crippen molar-refractivity contribution in [3.05, 3.63) is 58.2 Å². The first-order chi connectivity index (χ1) is 16.1. The first kappa shape index (κ1) is 27.7. The monoisotopic (exact) mass is 601 g/mol. The summed E-state index contributed by atoms with van der Waals surface area (Å²) in [4.78, 5) is 16.1. The summed E-state index contributed by atoms with van der Waals surface area (Å²) < 4.78 is 43.5. The van der Waals surface area contributed by atoms with Crippen LogP contribution < -0.4 is 10.4 Å². The number of carbonyl (C=O) groups is 1. The van der Waals surface area contributed by atoms with Crippen molar-refractivity contribution >= 4 is 57.5 Å². The molecule has 3 rings (SSSR count). The summed E-state index contributed by atoms with van der Waals surface area (Å²) in [7, 11) is 0. The fourth-order valence-electron chi connectivity index (χ4n) is 3.15. The molecule has 1 aliphatic carbocycles. The van der Waals surface area contributed by atoms with E-state index in [-0.39, 0.29) is 40.2 Å². The van der Waals surface area contributed by atoms with Crippen molar-refractivity contribution in [3.63, 3.8) is 0 Å². The standard InChI is InChI=1S/C21H18F3IN5OP.C2H6/c1-10-15(23)8-28-11(2)17(10)29-20(31)14(22)7-12-3-4-13(18(16(12)24)30-32-25)19(27)21(9-26)5-6-21;1-2/h3-4,7-8,27,30,32H,5-6H2,1-2H3,(H,29,31);1-2H3/b14-7-,27-19?;. The summed E-state index contributed by atoms with van der Waals surface area (Å²) >= 11 is 1.99. The van der Waals surface area contributed by atoms with Gasteiger partial charge in [-0.15, -0.1) is 0 Å². The molecule has 11 heteroatoms. The molecule has 2 aromatic rings. The van der Waals surface area contributed by atoms with Gasteiger partial charge in [0.2, 0.25) is 0 Å². The van der Waals surface area contributed by atoms with Crippen LogP contribution in [-0.4, -0.2) is 16.6 Å². The summed E-state index contributed by atoms with van der Waals surface area (Å²) in [5.74, 6) is -3.95. The number of aromatic nitrogens is 1. The molecule has 1 aliphatic rings. The number of rotatable bonds is 7. The molecule has 0 aliphatic heterocycles. The number of hydrogen-bond donors (Lipinski definition) is 3. The molecule has 1 aromatic carbocycles. The first-order valence-electron chi connectivity index (χ1n) is 10.4. The van der Waals surface area contributed by atoms with Gasteiger partial charge in [0.1, 0.15) is 5.82 Å². The van der Waals surface area contributed by atoms with Crippen molar-refractivity contribution in [2.24, 2.45) is 5.41 Å². The van der Waals surface area contributed by atoms with Crippen molar-refractivity contribution in [1.82, 2.24) is 4.98 Å². The van der Waals surface area contributed by atoms with Crippen molar-refractivity contribution in [3.8, 4) is 6.07 Å². The van der Waals surface area contributed by atoms with Crippen LogP contribution in [0, 0.1) is 47.6 Å². The lowest BCUT2D eigenvalue weighted by atomic mass is 9.93. The molecule has 34 heavy (non-hydrogen) atoms. The predicted octanol–water partition coefficient (Wildman–Crippen LogP) is 6.98. The minimum atomic E-state index is -1.28. The number of benzene rings is 1. The van der Waals surface area contributed by atoms with Gasteiger partial charge in [-0.05, 0) is 54.8 Å². The molecule has 1 heterocycles. The number of pyridine rings is 1. The van der Waals surface area contributed by atoms with Gasteiger partial charge in [0.05, 0.1) is 40.5 Å². The Hall–Kier alpha value is -2.51. The molecule has 1 saturated carbocycles. The molecule has 180 valence electrons. The summed E-state index contributed by atoms with van der Waals surface area (Å²) in [6.45, 7) is 6.96. The van der Waals surface area contributed by atoms with E-state index in [1.807, 2.05) is 35.9 Å². The SMILES string of the molecule is CC.Cc1ncc(F)c(C)c1NC(=O)/C(F)=C/c1ccc(C(=N)C2(C#N)CC2)c(NPI)c1F. The van der Waals surface area contributed by atoms with Gasteiger partial charge >= 0.3 is 0 Å². The summed E-state index contributed by atoms with van der Waals surface area (Å²) in [6, 6.07) is 4.79. The quantitative estimate of drug-likeness (QED) is 0.138. The molecular formula is C23H24F3IN5OP. The van der Waals surface area contributed by atoms with E-state index < -0.39 is 28.8 Å². The number of nitrogens with zero attached hydrogens (tertiary/aromatic N) is 2.